The zero-order valence-corrected chi connectivity index (χ0v) is 15.0. The minimum absolute atomic E-state index is 0.296. The highest BCUT2D eigenvalue weighted by Crippen LogP contribution is 2.10. The van der Waals surface area contributed by atoms with Gasteiger partial charge in [0.25, 0.3) is 0 Å². The summed E-state index contributed by atoms with van der Waals surface area (Å²) in [6.07, 6.45) is 1.67. The number of nitrogens with one attached hydrogen (secondary N) is 2. The molecule has 0 bridgehead atoms. The van der Waals surface area contributed by atoms with Crippen LogP contribution in [0.1, 0.15) is 49.0 Å². The molecule has 24 heavy (non-hydrogen) atoms. The lowest BCUT2D eigenvalue weighted by molar-refractivity contribution is 0.368. The molecule has 0 spiro atoms. The molecule has 6 heteroatoms. The molecule has 0 radical (unpaired) electrons. The summed E-state index contributed by atoms with van der Waals surface area (Å²) in [7, 11) is 1.78. The molecule has 130 valence electrons. The SMILES string of the molecule is CN=C(NCCCc1nc(C(C)C)no1)NCc1ccccc1C. The van der Waals surface area contributed by atoms with Gasteiger partial charge in [-0.25, -0.2) is 0 Å². The first-order valence-corrected chi connectivity index (χ1v) is 8.41. The molecular formula is C18H27N5O. The predicted octanol–water partition coefficient (Wildman–Crippen LogP) is 2.80. The lowest BCUT2D eigenvalue weighted by Gasteiger charge is -2.12. The highest BCUT2D eigenvalue weighted by molar-refractivity contribution is 5.79. The lowest BCUT2D eigenvalue weighted by atomic mass is 10.1. The quantitative estimate of drug-likeness (QED) is 0.464. The number of nitrogens with zero attached hydrogens (tertiary/aromatic N) is 3. The Bertz CT molecular complexity index is 663. The molecule has 0 saturated carbocycles. The van der Waals surface area contributed by atoms with Gasteiger partial charge in [-0.3, -0.25) is 4.99 Å². The summed E-state index contributed by atoms with van der Waals surface area (Å²) >= 11 is 0. The first kappa shape index (κ1) is 18.0. The summed E-state index contributed by atoms with van der Waals surface area (Å²) in [4.78, 5) is 8.63. The third kappa shape index (κ3) is 5.37. The van der Waals surface area contributed by atoms with Crippen LogP contribution >= 0.6 is 0 Å². The highest BCUT2D eigenvalue weighted by Gasteiger charge is 2.09. The molecule has 1 heterocycles. The Morgan fingerprint density at radius 2 is 2.04 bits per heavy atom. The fraction of sp³-hybridized carbons (Fsp3) is 0.500. The summed E-state index contributed by atoms with van der Waals surface area (Å²) in [5, 5.41) is 10.6. The number of rotatable bonds is 7. The van der Waals surface area contributed by atoms with E-state index in [0.717, 1.165) is 37.7 Å². The first-order chi connectivity index (χ1) is 11.6. The second-order valence-corrected chi connectivity index (χ2v) is 6.08. The summed E-state index contributed by atoms with van der Waals surface area (Å²) in [5.74, 6) is 2.56. The van der Waals surface area contributed by atoms with Crippen LogP contribution in [0.25, 0.3) is 0 Å². The number of aliphatic imine (C=N–C) groups is 1. The molecule has 0 amide bonds. The molecule has 0 atom stereocenters. The van der Waals surface area contributed by atoms with Crippen molar-refractivity contribution in [1.29, 1.82) is 0 Å². The Kier molecular flexibility index (Phi) is 6.78. The van der Waals surface area contributed by atoms with Crippen molar-refractivity contribution in [2.45, 2.75) is 46.1 Å². The van der Waals surface area contributed by atoms with E-state index in [9.17, 15) is 0 Å². The van der Waals surface area contributed by atoms with Gasteiger partial charge in [-0.2, -0.15) is 4.98 Å². The fourth-order valence-electron chi connectivity index (χ4n) is 2.26. The van der Waals surface area contributed by atoms with Gasteiger partial charge in [0.1, 0.15) is 0 Å². The maximum atomic E-state index is 5.24. The van der Waals surface area contributed by atoms with E-state index in [4.69, 9.17) is 4.52 Å². The zero-order chi connectivity index (χ0) is 17.4. The Hall–Kier alpha value is -2.37. The van der Waals surface area contributed by atoms with E-state index >= 15 is 0 Å². The van der Waals surface area contributed by atoms with Crippen LogP contribution in [0.15, 0.2) is 33.8 Å². The van der Waals surface area contributed by atoms with Gasteiger partial charge in [0.05, 0.1) is 0 Å². The van der Waals surface area contributed by atoms with E-state index < -0.39 is 0 Å². The minimum Gasteiger partial charge on any atom is -0.356 e. The van der Waals surface area contributed by atoms with Gasteiger partial charge in [-0.15, -0.1) is 0 Å². The third-order valence-corrected chi connectivity index (χ3v) is 3.79. The van der Waals surface area contributed by atoms with E-state index in [1.807, 2.05) is 6.07 Å². The smallest absolute Gasteiger partial charge is 0.226 e. The number of aromatic nitrogens is 2. The van der Waals surface area contributed by atoms with Crippen LogP contribution in [0, 0.1) is 6.92 Å². The van der Waals surface area contributed by atoms with Crippen molar-refractivity contribution >= 4 is 5.96 Å². The maximum Gasteiger partial charge on any atom is 0.226 e. The van der Waals surface area contributed by atoms with Gasteiger partial charge in [0, 0.05) is 32.5 Å². The highest BCUT2D eigenvalue weighted by atomic mass is 16.5. The average molecular weight is 329 g/mol. The second kappa shape index (κ2) is 9.05. The fourth-order valence-corrected chi connectivity index (χ4v) is 2.26. The number of hydrogen-bond acceptors (Lipinski definition) is 4. The molecule has 2 N–H and O–H groups in total. The van der Waals surface area contributed by atoms with Gasteiger partial charge in [-0.1, -0.05) is 43.3 Å². The summed E-state index contributed by atoms with van der Waals surface area (Å²) < 4.78 is 5.24. The molecule has 2 rings (SSSR count). The normalized spacial score (nSPS) is 11.8. The maximum absolute atomic E-state index is 5.24. The zero-order valence-electron chi connectivity index (χ0n) is 15.0. The topological polar surface area (TPSA) is 75.3 Å². The standard InChI is InChI=1S/C18H27N5O/c1-13(2)17-22-16(24-23-17)10-7-11-20-18(19-4)21-12-15-9-6-5-8-14(15)3/h5-6,8-9,13H,7,10-12H2,1-4H3,(H2,19,20,21). The van der Waals surface area contributed by atoms with Crippen LogP contribution in [-0.2, 0) is 13.0 Å². The van der Waals surface area contributed by atoms with Crippen molar-refractivity contribution < 1.29 is 4.52 Å². The van der Waals surface area contributed by atoms with Crippen molar-refractivity contribution in [1.82, 2.24) is 20.8 Å². The summed E-state index contributed by atoms with van der Waals surface area (Å²) in [6, 6.07) is 8.34. The van der Waals surface area contributed by atoms with E-state index in [-0.39, 0.29) is 0 Å². The first-order valence-electron chi connectivity index (χ1n) is 8.41. The average Bonchev–Trinajstić information content (AvgIpc) is 3.05. The molecule has 0 fully saturated rings. The molecule has 1 aromatic heterocycles. The third-order valence-electron chi connectivity index (χ3n) is 3.79. The predicted molar refractivity (Wildman–Crippen MR) is 96.1 cm³/mol. The van der Waals surface area contributed by atoms with Gasteiger partial charge in [0.15, 0.2) is 11.8 Å². The Morgan fingerprint density at radius 3 is 2.71 bits per heavy atom. The Morgan fingerprint density at radius 1 is 1.25 bits per heavy atom. The van der Waals surface area contributed by atoms with Gasteiger partial charge in [-0.05, 0) is 24.5 Å². The van der Waals surface area contributed by atoms with Crippen LogP contribution in [-0.4, -0.2) is 29.7 Å². The number of guanidine groups is 1. The lowest BCUT2D eigenvalue weighted by Crippen LogP contribution is -2.37. The van der Waals surface area contributed by atoms with Gasteiger partial charge < -0.3 is 15.2 Å². The van der Waals surface area contributed by atoms with Crippen molar-refractivity contribution in [2.24, 2.45) is 4.99 Å². The largest absolute Gasteiger partial charge is 0.356 e. The van der Waals surface area contributed by atoms with E-state index in [2.05, 4.69) is 64.7 Å². The molecule has 0 aliphatic heterocycles. The molecular weight excluding hydrogens is 302 g/mol. The molecule has 6 nitrogen and oxygen atoms in total. The van der Waals surface area contributed by atoms with Gasteiger partial charge in [0.2, 0.25) is 5.89 Å². The number of aryl methyl sites for hydroxylation is 2. The molecule has 1 aromatic carbocycles. The van der Waals surface area contributed by atoms with E-state index in [1.54, 1.807) is 7.05 Å². The monoisotopic (exact) mass is 329 g/mol. The molecule has 0 aliphatic rings. The number of hydrogen-bond donors (Lipinski definition) is 2. The molecule has 0 saturated heterocycles. The summed E-state index contributed by atoms with van der Waals surface area (Å²) in [6.45, 7) is 7.78. The summed E-state index contributed by atoms with van der Waals surface area (Å²) in [5.41, 5.74) is 2.55. The van der Waals surface area contributed by atoms with Crippen LogP contribution in [0.5, 0.6) is 0 Å². The van der Waals surface area contributed by atoms with E-state index in [0.29, 0.717) is 11.8 Å². The second-order valence-electron chi connectivity index (χ2n) is 6.08. The minimum atomic E-state index is 0.296. The van der Waals surface area contributed by atoms with E-state index in [1.165, 1.54) is 11.1 Å². The Labute approximate surface area is 143 Å². The van der Waals surface area contributed by atoms with Crippen molar-refractivity contribution in [3.8, 4) is 0 Å². The molecule has 0 unspecified atom stereocenters. The number of benzene rings is 1. The van der Waals surface area contributed by atoms with Gasteiger partial charge >= 0.3 is 0 Å². The van der Waals surface area contributed by atoms with Crippen molar-refractivity contribution in [2.75, 3.05) is 13.6 Å². The van der Waals surface area contributed by atoms with Crippen LogP contribution in [0.3, 0.4) is 0 Å². The van der Waals surface area contributed by atoms with Crippen LogP contribution in [0.4, 0.5) is 0 Å². The molecule has 0 aliphatic carbocycles. The van der Waals surface area contributed by atoms with Crippen molar-refractivity contribution in [3.05, 3.63) is 47.1 Å². The van der Waals surface area contributed by atoms with Crippen LogP contribution < -0.4 is 10.6 Å². The van der Waals surface area contributed by atoms with Crippen molar-refractivity contribution in [3.63, 3.8) is 0 Å². The molecule has 2 aromatic rings. The Balaban J connectivity index is 1.71. The van der Waals surface area contributed by atoms with Crippen LogP contribution in [0.2, 0.25) is 0 Å².